The summed E-state index contributed by atoms with van der Waals surface area (Å²) in [5.74, 6) is 1.31. The van der Waals surface area contributed by atoms with Gasteiger partial charge in [-0.15, -0.1) is 0 Å². The Morgan fingerprint density at radius 3 is 2.68 bits per heavy atom. The lowest BCUT2D eigenvalue weighted by molar-refractivity contribution is -0.116. The molecule has 0 fully saturated rings. The Balaban J connectivity index is 1.67. The van der Waals surface area contributed by atoms with Crippen LogP contribution in [0.5, 0.6) is 11.5 Å². The number of ether oxygens (including phenoxy) is 2. The third-order valence-corrected chi connectivity index (χ3v) is 4.01. The van der Waals surface area contributed by atoms with Crippen LogP contribution in [0.15, 0.2) is 54.7 Å². The number of fused-ring (bicyclic) bond motifs is 1. The van der Waals surface area contributed by atoms with Crippen LogP contribution >= 0.6 is 0 Å². The highest BCUT2D eigenvalue weighted by Gasteiger charge is 2.09. The molecule has 0 atom stereocenters. The molecule has 0 aliphatic heterocycles. The Hall–Kier alpha value is -3.08. The van der Waals surface area contributed by atoms with E-state index in [1.54, 1.807) is 20.4 Å². The van der Waals surface area contributed by atoms with Gasteiger partial charge in [-0.3, -0.25) is 9.78 Å². The average molecular weight is 336 g/mol. The van der Waals surface area contributed by atoms with Crippen LogP contribution in [0, 0.1) is 0 Å². The number of pyridine rings is 1. The number of aromatic nitrogens is 1. The number of nitrogens with zero attached hydrogens (tertiary/aromatic N) is 1. The second kappa shape index (κ2) is 7.66. The van der Waals surface area contributed by atoms with E-state index in [0.717, 1.165) is 22.2 Å². The SMILES string of the molecule is COc1ccc(CCC(=O)Nc2cccc3ncccc23)cc1OC. The van der Waals surface area contributed by atoms with E-state index in [1.165, 1.54) is 0 Å². The molecular formula is C20H20N2O3. The van der Waals surface area contributed by atoms with Gasteiger partial charge in [-0.05, 0) is 48.4 Å². The van der Waals surface area contributed by atoms with Crippen molar-refractivity contribution in [1.82, 2.24) is 4.98 Å². The first-order valence-electron chi connectivity index (χ1n) is 8.06. The first-order valence-corrected chi connectivity index (χ1v) is 8.06. The molecule has 2 aromatic carbocycles. The lowest BCUT2D eigenvalue weighted by atomic mass is 10.1. The topological polar surface area (TPSA) is 60.5 Å². The van der Waals surface area contributed by atoms with E-state index in [2.05, 4.69) is 10.3 Å². The summed E-state index contributed by atoms with van der Waals surface area (Å²) in [5, 5.41) is 3.91. The number of methoxy groups -OCH3 is 2. The quantitative estimate of drug-likeness (QED) is 0.743. The molecule has 1 aromatic heterocycles. The number of aryl methyl sites for hydroxylation is 1. The fraction of sp³-hybridized carbons (Fsp3) is 0.200. The van der Waals surface area contributed by atoms with Gasteiger partial charge in [-0.25, -0.2) is 0 Å². The highest BCUT2D eigenvalue weighted by atomic mass is 16.5. The van der Waals surface area contributed by atoms with Gasteiger partial charge >= 0.3 is 0 Å². The van der Waals surface area contributed by atoms with E-state index >= 15 is 0 Å². The number of amides is 1. The van der Waals surface area contributed by atoms with Gasteiger partial charge in [0, 0.05) is 18.0 Å². The molecule has 25 heavy (non-hydrogen) atoms. The second-order valence-electron chi connectivity index (χ2n) is 5.61. The van der Waals surface area contributed by atoms with Crippen LogP contribution in [0.2, 0.25) is 0 Å². The highest BCUT2D eigenvalue weighted by molar-refractivity contribution is 6.00. The molecule has 0 spiro atoms. The summed E-state index contributed by atoms with van der Waals surface area (Å²) in [5.41, 5.74) is 2.66. The normalized spacial score (nSPS) is 10.5. The molecule has 3 aromatic rings. The maximum atomic E-state index is 12.3. The molecule has 1 amide bonds. The zero-order chi connectivity index (χ0) is 17.6. The van der Waals surface area contributed by atoms with E-state index in [1.807, 2.05) is 48.5 Å². The number of nitrogens with one attached hydrogen (secondary N) is 1. The van der Waals surface area contributed by atoms with E-state index in [-0.39, 0.29) is 5.91 Å². The van der Waals surface area contributed by atoms with Crippen molar-refractivity contribution in [3.05, 3.63) is 60.3 Å². The highest BCUT2D eigenvalue weighted by Crippen LogP contribution is 2.28. The minimum atomic E-state index is -0.0360. The van der Waals surface area contributed by atoms with Crippen molar-refractivity contribution in [3.63, 3.8) is 0 Å². The summed E-state index contributed by atoms with van der Waals surface area (Å²) >= 11 is 0. The standard InChI is InChI=1S/C20H20N2O3/c1-24-18-10-8-14(13-19(18)25-2)9-11-20(23)22-17-7-3-6-16-15(17)5-4-12-21-16/h3-8,10,12-13H,9,11H2,1-2H3,(H,22,23). The van der Waals surface area contributed by atoms with Crippen molar-refractivity contribution in [1.29, 1.82) is 0 Å². The number of hydrogen-bond acceptors (Lipinski definition) is 4. The van der Waals surface area contributed by atoms with Gasteiger partial charge in [0.25, 0.3) is 0 Å². The van der Waals surface area contributed by atoms with Gasteiger partial charge in [0.2, 0.25) is 5.91 Å². The molecule has 0 aliphatic rings. The Kier molecular flexibility index (Phi) is 5.14. The molecule has 5 nitrogen and oxygen atoms in total. The summed E-state index contributed by atoms with van der Waals surface area (Å²) in [6.07, 6.45) is 2.74. The molecule has 1 N–H and O–H groups in total. The molecule has 1 heterocycles. The Bertz CT molecular complexity index is 888. The van der Waals surface area contributed by atoms with Gasteiger partial charge in [0.05, 0.1) is 25.4 Å². The minimum Gasteiger partial charge on any atom is -0.493 e. The molecule has 5 heteroatoms. The third kappa shape index (κ3) is 3.88. The fourth-order valence-corrected chi connectivity index (χ4v) is 2.72. The maximum absolute atomic E-state index is 12.3. The number of benzene rings is 2. The van der Waals surface area contributed by atoms with Crippen LogP contribution in [0.4, 0.5) is 5.69 Å². The molecule has 0 saturated carbocycles. The van der Waals surface area contributed by atoms with E-state index in [9.17, 15) is 4.79 Å². The molecule has 0 radical (unpaired) electrons. The number of anilines is 1. The zero-order valence-electron chi connectivity index (χ0n) is 14.3. The molecule has 128 valence electrons. The Morgan fingerprint density at radius 1 is 1.04 bits per heavy atom. The lowest BCUT2D eigenvalue weighted by Gasteiger charge is -2.10. The summed E-state index contributed by atoms with van der Waals surface area (Å²) in [7, 11) is 3.20. The van der Waals surface area contributed by atoms with Crippen molar-refractivity contribution in [2.45, 2.75) is 12.8 Å². The predicted octanol–water partition coefficient (Wildman–Crippen LogP) is 3.82. The van der Waals surface area contributed by atoms with Gasteiger partial charge < -0.3 is 14.8 Å². The molecule has 3 rings (SSSR count). The van der Waals surface area contributed by atoms with Gasteiger partial charge in [0.1, 0.15) is 0 Å². The smallest absolute Gasteiger partial charge is 0.224 e. The lowest BCUT2D eigenvalue weighted by Crippen LogP contribution is -2.12. The monoisotopic (exact) mass is 336 g/mol. The molecule has 0 unspecified atom stereocenters. The van der Waals surface area contributed by atoms with Crippen molar-refractivity contribution in [2.75, 3.05) is 19.5 Å². The summed E-state index contributed by atoms with van der Waals surface area (Å²) in [6.45, 7) is 0. The fourth-order valence-electron chi connectivity index (χ4n) is 2.72. The van der Waals surface area contributed by atoms with Crippen LogP contribution in [-0.2, 0) is 11.2 Å². The first-order chi connectivity index (χ1) is 12.2. The van der Waals surface area contributed by atoms with Crippen LogP contribution in [0.25, 0.3) is 10.9 Å². The van der Waals surface area contributed by atoms with Crippen molar-refractivity contribution < 1.29 is 14.3 Å². The molecule has 0 saturated heterocycles. The first kappa shape index (κ1) is 16.8. The zero-order valence-corrected chi connectivity index (χ0v) is 14.3. The van der Waals surface area contributed by atoms with Crippen molar-refractivity contribution >= 4 is 22.5 Å². The summed E-state index contributed by atoms with van der Waals surface area (Å²) in [4.78, 5) is 16.6. The van der Waals surface area contributed by atoms with E-state index in [0.29, 0.717) is 24.3 Å². The Morgan fingerprint density at radius 2 is 1.88 bits per heavy atom. The van der Waals surface area contributed by atoms with Crippen LogP contribution in [0.3, 0.4) is 0 Å². The van der Waals surface area contributed by atoms with Crippen LogP contribution in [0.1, 0.15) is 12.0 Å². The van der Waals surface area contributed by atoms with Gasteiger partial charge in [-0.1, -0.05) is 12.1 Å². The van der Waals surface area contributed by atoms with Crippen LogP contribution in [-0.4, -0.2) is 25.1 Å². The summed E-state index contributed by atoms with van der Waals surface area (Å²) < 4.78 is 10.5. The number of rotatable bonds is 6. The number of hydrogen-bond donors (Lipinski definition) is 1. The van der Waals surface area contributed by atoms with Crippen molar-refractivity contribution in [2.24, 2.45) is 0 Å². The maximum Gasteiger partial charge on any atom is 0.224 e. The number of carbonyl (C=O) groups excluding carboxylic acids is 1. The molecule has 0 bridgehead atoms. The molecule has 0 aliphatic carbocycles. The van der Waals surface area contributed by atoms with Crippen molar-refractivity contribution in [3.8, 4) is 11.5 Å². The molecular weight excluding hydrogens is 316 g/mol. The largest absolute Gasteiger partial charge is 0.493 e. The predicted molar refractivity (Wildman–Crippen MR) is 98.2 cm³/mol. The average Bonchev–Trinajstić information content (AvgIpc) is 2.66. The minimum absolute atomic E-state index is 0.0360. The Labute approximate surface area is 146 Å². The van der Waals surface area contributed by atoms with E-state index in [4.69, 9.17) is 9.47 Å². The summed E-state index contributed by atoms with van der Waals surface area (Å²) in [6, 6.07) is 15.2. The number of carbonyl (C=O) groups is 1. The second-order valence-corrected chi connectivity index (χ2v) is 5.61. The van der Waals surface area contributed by atoms with E-state index < -0.39 is 0 Å². The van der Waals surface area contributed by atoms with Gasteiger partial charge in [0.15, 0.2) is 11.5 Å². The third-order valence-electron chi connectivity index (χ3n) is 4.01. The van der Waals surface area contributed by atoms with Crippen LogP contribution < -0.4 is 14.8 Å². The van der Waals surface area contributed by atoms with Gasteiger partial charge in [-0.2, -0.15) is 0 Å².